The van der Waals surface area contributed by atoms with Crippen LogP contribution < -0.4 is 0 Å². The zero-order chi connectivity index (χ0) is 8.10. The van der Waals surface area contributed by atoms with E-state index in [0.717, 1.165) is 5.56 Å². The maximum Gasteiger partial charge on any atom is 0.0856 e. The van der Waals surface area contributed by atoms with E-state index in [1.54, 1.807) is 13.3 Å². The molecule has 1 aromatic heterocycles. The second kappa shape index (κ2) is 4.05. The molecule has 0 radical (unpaired) electrons. The number of pyridine rings is 1. The molecule has 11 heavy (non-hydrogen) atoms. The fraction of sp³-hybridized carbons (Fsp3) is 0.375. The van der Waals surface area contributed by atoms with Gasteiger partial charge in [-0.1, -0.05) is 6.07 Å². The molecule has 0 saturated carbocycles. The third kappa shape index (κ3) is 2.00. The number of aliphatic hydroxyl groups excluding tert-OH is 1. The standard InChI is InChI=1S/C8H11NO2/c1-11-6-7-3-2-4-9-8(7)5-10/h2-4,10H,5-6H2,1H3. The Bertz CT molecular complexity index is 225. The molecule has 0 fully saturated rings. The molecule has 0 amide bonds. The smallest absolute Gasteiger partial charge is 0.0856 e. The maximum absolute atomic E-state index is 8.83. The molecule has 1 aromatic rings. The van der Waals surface area contributed by atoms with E-state index in [-0.39, 0.29) is 6.61 Å². The monoisotopic (exact) mass is 153 g/mol. The molecule has 0 bridgehead atoms. The van der Waals surface area contributed by atoms with Crippen LogP contribution in [0.5, 0.6) is 0 Å². The van der Waals surface area contributed by atoms with E-state index in [1.165, 1.54) is 0 Å². The molecule has 3 heteroatoms. The van der Waals surface area contributed by atoms with E-state index in [4.69, 9.17) is 9.84 Å². The van der Waals surface area contributed by atoms with Crippen LogP contribution in [0.4, 0.5) is 0 Å². The number of rotatable bonds is 3. The molecule has 3 nitrogen and oxygen atoms in total. The van der Waals surface area contributed by atoms with Crippen LogP contribution in [0.15, 0.2) is 18.3 Å². The van der Waals surface area contributed by atoms with Gasteiger partial charge in [-0.25, -0.2) is 0 Å². The summed E-state index contributed by atoms with van der Waals surface area (Å²) in [7, 11) is 1.62. The largest absolute Gasteiger partial charge is 0.390 e. The van der Waals surface area contributed by atoms with Crippen LogP contribution in [0.1, 0.15) is 11.3 Å². The van der Waals surface area contributed by atoms with Gasteiger partial charge < -0.3 is 9.84 Å². The summed E-state index contributed by atoms with van der Waals surface area (Å²) in [6.45, 7) is 0.475. The number of methoxy groups -OCH3 is 1. The number of ether oxygens (including phenoxy) is 1. The molecule has 0 spiro atoms. The van der Waals surface area contributed by atoms with Crippen molar-refractivity contribution in [2.45, 2.75) is 13.2 Å². The molecule has 60 valence electrons. The molecule has 0 aliphatic heterocycles. The van der Waals surface area contributed by atoms with E-state index in [2.05, 4.69) is 4.98 Å². The summed E-state index contributed by atoms with van der Waals surface area (Å²) in [5.74, 6) is 0. The van der Waals surface area contributed by atoms with Crippen molar-refractivity contribution in [3.63, 3.8) is 0 Å². The Labute approximate surface area is 65.7 Å². The minimum absolute atomic E-state index is 0.0282. The number of aromatic nitrogens is 1. The van der Waals surface area contributed by atoms with Crippen molar-refractivity contribution in [3.8, 4) is 0 Å². The average molecular weight is 153 g/mol. The Morgan fingerprint density at radius 1 is 1.64 bits per heavy atom. The molecule has 1 heterocycles. The van der Waals surface area contributed by atoms with E-state index in [0.29, 0.717) is 12.3 Å². The van der Waals surface area contributed by atoms with Crippen molar-refractivity contribution in [1.82, 2.24) is 4.98 Å². The Kier molecular flexibility index (Phi) is 3.01. The second-order valence-corrected chi connectivity index (χ2v) is 2.20. The summed E-state index contributed by atoms with van der Waals surface area (Å²) in [5.41, 5.74) is 1.63. The number of hydrogen-bond donors (Lipinski definition) is 1. The first-order valence-corrected chi connectivity index (χ1v) is 3.41. The van der Waals surface area contributed by atoms with Crippen molar-refractivity contribution in [2.75, 3.05) is 7.11 Å². The van der Waals surface area contributed by atoms with Crippen molar-refractivity contribution >= 4 is 0 Å². The lowest BCUT2D eigenvalue weighted by Gasteiger charge is -2.03. The first-order chi connectivity index (χ1) is 5.38. The molecule has 0 saturated heterocycles. The van der Waals surface area contributed by atoms with Crippen LogP contribution in [-0.2, 0) is 18.0 Å². The second-order valence-electron chi connectivity index (χ2n) is 2.20. The van der Waals surface area contributed by atoms with Crippen LogP contribution in [0.3, 0.4) is 0 Å². The third-order valence-corrected chi connectivity index (χ3v) is 1.43. The summed E-state index contributed by atoms with van der Waals surface area (Å²) < 4.78 is 4.92. The highest BCUT2D eigenvalue weighted by Gasteiger charge is 1.99. The van der Waals surface area contributed by atoms with Gasteiger partial charge in [0, 0.05) is 18.9 Å². The highest BCUT2D eigenvalue weighted by atomic mass is 16.5. The van der Waals surface area contributed by atoms with Gasteiger partial charge >= 0.3 is 0 Å². The van der Waals surface area contributed by atoms with Gasteiger partial charge in [0.25, 0.3) is 0 Å². The molecular weight excluding hydrogens is 142 g/mol. The quantitative estimate of drug-likeness (QED) is 0.695. The van der Waals surface area contributed by atoms with Crippen molar-refractivity contribution in [3.05, 3.63) is 29.6 Å². The summed E-state index contributed by atoms with van der Waals surface area (Å²) >= 11 is 0. The third-order valence-electron chi connectivity index (χ3n) is 1.43. The van der Waals surface area contributed by atoms with Crippen molar-refractivity contribution in [1.29, 1.82) is 0 Å². The van der Waals surface area contributed by atoms with Crippen LogP contribution in [-0.4, -0.2) is 17.2 Å². The molecule has 0 aliphatic rings. The Hall–Kier alpha value is -0.930. The zero-order valence-corrected chi connectivity index (χ0v) is 6.45. The van der Waals surface area contributed by atoms with E-state index < -0.39 is 0 Å². The Morgan fingerprint density at radius 3 is 3.09 bits per heavy atom. The van der Waals surface area contributed by atoms with E-state index in [9.17, 15) is 0 Å². The summed E-state index contributed by atoms with van der Waals surface area (Å²) in [6, 6.07) is 3.72. The fourth-order valence-electron chi connectivity index (χ4n) is 0.901. The normalized spacial score (nSPS) is 10.0. The van der Waals surface area contributed by atoms with Crippen molar-refractivity contribution < 1.29 is 9.84 Å². The van der Waals surface area contributed by atoms with Crippen LogP contribution >= 0.6 is 0 Å². The van der Waals surface area contributed by atoms with Crippen molar-refractivity contribution in [2.24, 2.45) is 0 Å². The predicted molar refractivity (Wildman–Crippen MR) is 40.9 cm³/mol. The van der Waals surface area contributed by atoms with Gasteiger partial charge in [-0.05, 0) is 6.07 Å². The lowest BCUT2D eigenvalue weighted by atomic mass is 10.2. The molecule has 0 unspecified atom stereocenters. The molecule has 0 aromatic carbocycles. The van der Waals surface area contributed by atoms with Gasteiger partial charge in [0.2, 0.25) is 0 Å². The van der Waals surface area contributed by atoms with Gasteiger partial charge in [-0.2, -0.15) is 0 Å². The minimum atomic E-state index is -0.0282. The van der Waals surface area contributed by atoms with Gasteiger partial charge in [0.05, 0.1) is 18.9 Å². The molecular formula is C8H11NO2. The van der Waals surface area contributed by atoms with E-state index >= 15 is 0 Å². The average Bonchev–Trinajstić information content (AvgIpc) is 2.06. The Morgan fingerprint density at radius 2 is 2.45 bits per heavy atom. The first-order valence-electron chi connectivity index (χ1n) is 3.41. The summed E-state index contributed by atoms with van der Waals surface area (Å²) in [5, 5.41) is 8.83. The minimum Gasteiger partial charge on any atom is -0.390 e. The summed E-state index contributed by atoms with van der Waals surface area (Å²) in [6.07, 6.45) is 1.66. The lowest BCUT2D eigenvalue weighted by molar-refractivity contribution is 0.180. The molecule has 0 atom stereocenters. The highest BCUT2D eigenvalue weighted by Crippen LogP contribution is 2.05. The van der Waals surface area contributed by atoms with Crippen LogP contribution in [0, 0.1) is 0 Å². The molecule has 1 rings (SSSR count). The predicted octanol–water partition coefficient (Wildman–Crippen LogP) is 0.720. The maximum atomic E-state index is 8.83. The number of nitrogens with zero attached hydrogens (tertiary/aromatic N) is 1. The van der Waals surface area contributed by atoms with E-state index in [1.807, 2.05) is 12.1 Å². The van der Waals surface area contributed by atoms with Crippen LogP contribution in [0.25, 0.3) is 0 Å². The van der Waals surface area contributed by atoms with Gasteiger partial charge in [-0.15, -0.1) is 0 Å². The van der Waals surface area contributed by atoms with Crippen LogP contribution in [0.2, 0.25) is 0 Å². The topological polar surface area (TPSA) is 42.4 Å². The lowest BCUT2D eigenvalue weighted by Crippen LogP contribution is -1.97. The number of aliphatic hydroxyl groups is 1. The van der Waals surface area contributed by atoms with Gasteiger partial charge in [-0.3, -0.25) is 4.98 Å². The summed E-state index contributed by atoms with van der Waals surface area (Å²) in [4.78, 5) is 3.99. The fourth-order valence-corrected chi connectivity index (χ4v) is 0.901. The number of hydrogen-bond acceptors (Lipinski definition) is 3. The van der Waals surface area contributed by atoms with Gasteiger partial charge in [0.1, 0.15) is 0 Å². The molecule has 1 N–H and O–H groups in total. The molecule has 0 aliphatic carbocycles. The highest BCUT2D eigenvalue weighted by molar-refractivity contribution is 5.17. The van der Waals surface area contributed by atoms with Gasteiger partial charge in [0.15, 0.2) is 0 Å². The SMILES string of the molecule is COCc1cccnc1CO. The zero-order valence-electron chi connectivity index (χ0n) is 6.45. The first kappa shape index (κ1) is 8.17. The Balaban J connectivity index is 2.83.